The smallest absolute Gasteiger partial charge is 0.338 e. The van der Waals surface area contributed by atoms with Crippen molar-refractivity contribution in [2.45, 2.75) is 110 Å². The van der Waals surface area contributed by atoms with Crippen molar-refractivity contribution in [3.05, 3.63) is 35.4 Å². The number of unbranched alkanes of at least 4 members (excludes halogenated alkanes) is 8. The van der Waals surface area contributed by atoms with E-state index in [2.05, 4.69) is 20.8 Å². The highest BCUT2D eigenvalue weighted by molar-refractivity contribution is 5.93. The molecule has 1 aromatic rings. The summed E-state index contributed by atoms with van der Waals surface area (Å²) in [5.41, 5.74) is 0.953. The molecule has 0 radical (unpaired) electrons. The van der Waals surface area contributed by atoms with Crippen LogP contribution in [0.4, 0.5) is 0 Å². The van der Waals surface area contributed by atoms with Crippen LogP contribution in [0.1, 0.15) is 125 Å². The fourth-order valence-electron chi connectivity index (χ4n) is 3.46. The van der Waals surface area contributed by atoms with Crippen molar-refractivity contribution >= 4 is 11.9 Å². The van der Waals surface area contributed by atoms with Gasteiger partial charge in [-0.3, -0.25) is 0 Å². The van der Waals surface area contributed by atoms with Crippen LogP contribution in [0.2, 0.25) is 0 Å². The largest absolute Gasteiger partial charge is 0.462 e. The number of rotatable bonds is 17. The molecule has 1 rings (SSSR count). The maximum atomic E-state index is 12.4. The third-order valence-corrected chi connectivity index (χ3v) is 5.35. The van der Waals surface area contributed by atoms with Gasteiger partial charge in [0.05, 0.1) is 17.7 Å². The molecule has 1 unspecified atom stereocenters. The van der Waals surface area contributed by atoms with Gasteiger partial charge in [0.25, 0.3) is 0 Å². The summed E-state index contributed by atoms with van der Waals surface area (Å²) in [5.74, 6) is -0.645. The van der Waals surface area contributed by atoms with E-state index in [4.69, 9.17) is 9.47 Å². The Kier molecular flexibility index (Phi) is 14.8. The van der Waals surface area contributed by atoms with Crippen LogP contribution in [0, 0.1) is 0 Å². The molecule has 0 amide bonds. The summed E-state index contributed by atoms with van der Waals surface area (Å²) < 4.78 is 11.0. The maximum Gasteiger partial charge on any atom is 0.338 e. The van der Waals surface area contributed by atoms with Gasteiger partial charge in [-0.1, -0.05) is 85.0 Å². The Morgan fingerprint density at radius 1 is 0.667 bits per heavy atom. The Labute approximate surface area is 183 Å². The first-order valence-corrected chi connectivity index (χ1v) is 12.1. The van der Waals surface area contributed by atoms with Crippen LogP contribution in [0.5, 0.6) is 0 Å². The Bertz CT molecular complexity index is 579. The fraction of sp³-hybridized carbons (Fsp3) is 0.692. The van der Waals surface area contributed by atoms with Gasteiger partial charge in [0.15, 0.2) is 0 Å². The van der Waals surface area contributed by atoms with Crippen LogP contribution in [-0.4, -0.2) is 24.6 Å². The Balaban J connectivity index is 2.33. The number of carbonyl (C=O) groups is 2. The summed E-state index contributed by atoms with van der Waals surface area (Å²) in [6.45, 7) is 6.91. The Morgan fingerprint density at radius 2 is 1.20 bits per heavy atom. The van der Waals surface area contributed by atoms with Gasteiger partial charge in [-0.2, -0.15) is 0 Å². The van der Waals surface area contributed by atoms with E-state index in [1.165, 1.54) is 38.5 Å². The van der Waals surface area contributed by atoms with Crippen LogP contribution < -0.4 is 0 Å². The minimum atomic E-state index is -0.329. The van der Waals surface area contributed by atoms with Crippen molar-refractivity contribution in [3.63, 3.8) is 0 Å². The molecule has 0 N–H and O–H groups in total. The van der Waals surface area contributed by atoms with Gasteiger partial charge in [-0.25, -0.2) is 9.59 Å². The van der Waals surface area contributed by atoms with E-state index in [0.29, 0.717) is 17.7 Å². The maximum absolute atomic E-state index is 12.4. The topological polar surface area (TPSA) is 52.6 Å². The molecule has 0 bridgehead atoms. The highest BCUT2D eigenvalue weighted by Gasteiger charge is 2.16. The van der Waals surface area contributed by atoms with Crippen molar-refractivity contribution in [1.29, 1.82) is 0 Å². The molecule has 0 aromatic heterocycles. The minimum Gasteiger partial charge on any atom is -0.462 e. The number of ether oxygens (including phenoxy) is 2. The van der Waals surface area contributed by atoms with Gasteiger partial charge in [0, 0.05) is 0 Å². The molecule has 30 heavy (non-hydrogen) atoms. The molecule has 0 fully saturated rings. The molecule has 4 nitrogen and oxygen atoms in total. The lowest BCUT2D eigenvalue weighted by Crippen LogP contribution is -2.18. The molecule has 0 saturated heterocycles. The normalized spacial score (nSPS) is 11.8. The van der Waals surface area contributed by atoms with Gasteiger partial charge in [-0.05, 0) is 43.5 Å². The van der Waals surface area contributed by atoms with Crippen molar-refractivity contribution in [2.24, 2.45) is 0 Å². The summed E-state index contributed by atoms with van der Waals surface area (Å²) in [4.78, 5) is 24.6. The number of hydrogen-bond donors (Lipinski definition) is 0. The molecule has 0 saturated carbocycles. The summed E-state index contributed by atoms with van der Waals surface area (Å²) in [6, 6.07) is 6.59. The molecule has 170 valence electrons. The number of carbonyl (C=O) groups excluding carboxylic acids is 2. The summed E-state index contributed by atoms with van der Waals surface area (Å²) >= 11 is 0. The number of hydrogen-bond acceptors (Lipinski definition) is 4. The summed E-state index contributed by atoms with van der Waals surface area (Å²) in [6.07, 6.45) is 14.6. The van der Waals surface area contributed by atoms with Crippen molar-refractivity contribution < 1.29 is 19.1 Å². The van der Waals surface area contributed by atoms with Gasteiger partial charge >= 0.3 is 11.9 Å². The number of benzene rings is 1. The van der Waals surface area contributed by atoms with E-state index < -0.39 is 0 Å². The zero-order valence-electron chi connectivity index (χ0n) is 19.4. The highest BCUT2D eigenvalue weighted by Crippen LogP contribution is 2.15. The second kappa shape index (κ2) is 16.9. The third kappa shape index (κ3) is 11.4. The van der Waals surface area contributed by atoms with Crippen LogP contribution in [0.25, 0.3) is 0 Å². The molecule has 4 heteroatoms. The molecule has 1 aromatic carbocycles. The molecule has 0 heterocycles. The second-order valence-electron chi connectivity index (χ2n) is 8.15. The van der Waals surface area contributed by atoms with Crippen molar-refractivity contribution in [2.75, 3.05) is 6.61 Å². The van der Waals surface area contributed by atoms with E-state index >= 15 is 0 Å². The van der Waals surface area contributed by atoms with E-state index in [0.717, 1.165) is 44.9 Å². The molecule has 0 aliphatic rings. The van der Waals surface area contributed by atoms with Crippen LogP contribution in [0.3, 0.4) is 0 Å². The Morgan fingerprint density at radius 3 is 1.77 bits per heavy atom. The van der Waals surface area contributed by atoms with Gasteiger partial charge in [0.1, 0.15) is 6.10 Å². The number of esters is 2. The van der Waals surface area contributed by atoms with Crippen molar-refractivity contribution in [1.82, 2.24) is 0 Å². The lowest BCUT2D eigenvalue weighted by atomic mass is 10.1. The zero-order valence-corrected chi connectivity index (χ0v) is 19.4. The first kappa shape index (κ1) is 26.2. The van der Waals surface area contributed by atoms with Gasteiger partial charge in [-0.15, -0.1) is 0 Å². The standard InChI is InChI=1S/C26H42O4/c1-4-7-9-10-11-12-13-14-21-29-25(27)22-17-19-23(20-18-22)26(28)30-24(15-6-3)16-8-5-2/h17-20,24H,4-16,21H2,1-3H3. The lowest BCUT2D eigenvalue weighted by Gasteiger charge is -2.17. The zero-order chi connectivity index (χ0) is 22.0. The Hall–Kier alpha value is -1.84. The third-order valence-electron chi connectivity index (χ3n) is 5.35. The SMILES string of the molecule is CCCCCCCCCCOC(=O)c1ccc(C(=O)OC(CCC)CCCC)cc1. The second-order valence-corrected chi connectivity index (χ2v) is 8.15. The van der Waals surface area contributed by atoms with E-state index in [1.807, 2.05) is 0 Å². The predicted molar refractivity (Wildman–Crippen MR) is 123 cm³/mol. The van der Waals surface area contributed by atoms with E-state index in [9.17, 15) is 9.59 Å². The van der Waals surface area contributed by atoms with Crippen molar-refractivity contribution in [3.8, 4) is 0 Å². The molecule has 1 atom stereocenters. The molecular formula is C26H42O4. The molecule has 0 spiro atoms. The average Bonchev–Trinajstić information content (AvgIpc) is 2.76. The highest BCUT2D eigenvalue weighted by atomic mass is 16.5. The van der Waals surface area contributed by atoms with E-state index in [-0.39, 0.29) is 18.0 Å². The van der Waals surface area contributed by atoms with Crippen LogP contribution in [0.15, 0.2) is 24.3 Å². The van der Waals surface area contributed by atoms with Crippen LogP contribution in [-0.2, 0) is 9.47 Å². The predicted octanol–water partition coefficient (Wildman–Crippen LogP) is 7.50. The van der Waals surface area contributed by atoms with Crippen LogP contribution >= 0.6 is 0 Å². The minimum absolute atomic E-state index is 0.0289. The molecule has 0 aliphatic carbocycles. The summed E-state index contributed by atoms with van der Waals surface area (Å²) in [5, 5.41) is 0. The quantitative estimate of drug-likeness (QED) is 0.194. The molecule has 0 aliphatic heterocycles. The molecular weight excluding hydrogens is 376 g/mol. The van der Waals surface area contributed by atoms with Gasteiger partial charge < -0.3 is 9.47 Å². The van der Waals surface area contributed by atoms with Gasteiger partial charge in [0.2, 0.25) is 0 Å². The first-order valence-electron chi connectivity index (χ1n) is 12.1. The monoisotopic (exact) mass is 418 g/mol. The summed E-state index contributed by atoms with van der Waals surface area (Å²) in [7, 11) is 0. The average molecular weight is 419 g/mol. The first-order chi connectivity index (χ1) is 14.6. The fourth-order valence-corrected chi connectivity index (χ4v) is 3.46. The lowest BCUT2D eigenvalue weighted by molar-refractivity contribution is 0.0254. The van der Waals surface area contributed by atoms with E-state index in [1.54, 1.807) is 24.3 Å².